The Labute approximate surface area is 141 Å². The van der Waals surface area contributed by atoms with Crippen molar-refractivity contribution in [3.05, 3.63) is 42.2 Å². The van der Waals surface area contributed by atoms with E-state index < -0.39 is 0 Å². The molecule has 1 aliphatic heterocycles. The predicted molar refractivity (Wildman–Crippen MR) is 87.9 cm³/mol. The standard InChI is InChI=1S/C17H23N5O2/c23-16(6-3-8-22-9-4-7-21-22)18-11-14-12-19-17(20-13-14)15-5-1-2-10-24-15/h4,7,9,12-13,15H,1-3,5-6,8,10-11H2,(H,18,23)/t15-/m0/s1. The normalized spacial score (nSPS) is 17.6. The lowest BCUT2D eigenvalue weighted by Gasteiger charge is -2.21. The van der Waals surface area contributed by atoms with Crippen LogP contribution in [0.4, 0.5) is 0 Å². The third-order valence-corrected chi connectivity index (χ3v) is 4.03. The van der Waals surface area contributed by atoms with Crippen LogP contribution in [0.2, 0.25) is 0 Å². The van der Waals surface area contributed by atoms with Gasteiger partial charge in [-0.05, 0) is 31.7 Å². The maximum Gasteiger partial charge on any atom is 0.220 e. The summed E-state index contributed by atoms with van der Waals surface area (Å²) < 4.78 is 7.50. The molecule has 1 aliphatic rings. The second-order valence-electron chi connectivity index (χ2n) is 5.95. The largest absolute Gasteiger partial charge is 0.370 e. The topological polar surface area (TPSA) is 81.9 Å². The van der Waals surface area contributed by atoms with Gasteiger partial charge in [0.05, 0.1) is 0 Å². The van der Waals surface area contributed by atoms with E-state index in [4.69, 9.17) is 4.74 Å². The molecule has 0 aliphatic carbocycles. The minimum absolute atomic E-state index is 0.0182. The highest BCUT2D eigenvalue weighted by atomic mass is 16.5. The van der Waals surface area contributed by atoms with E-state index >= 15 is 0 Å². The first-order valence-electron chi connectivity index (χ1n) is 8.48. The third-order valence-electron chi connectivity index (χ3n) is 4.03. The Bertz CT molecular complexity index is 621. The first-order valence-corrected chi connectivity index (χ1v) is 8.48. The van der Waals surface area contributed by atoms with Gasteiger partial charge in [-0.1, -0.05) is 0 Å². The molecule has 0 unspecified atom stereocenters. The summed E-state index contributed by atoms with van der Waals surface area (Å²) in [5.41, 5.74) is 0.898. The van der Waals surface area contributed by atoms with Crippen molar-refractivity contribution in [1.82, 2.24) is 25.1 Å². The van der Waals surface area contributed by atoms with Gasteiger partial charge in [-0.15, -0.1) is 0 Å². The molecule has 3 heterocycles. The van der Waals surface area contributed by atoms with Crippen LogP contribution in [0, 0.1) is 0 Å². The van der Waals surface area contributed by atoms with Crippen molar-refractivity contribution in [2.45, 2.75) is 51.3 Å². The van der Waals surface area contributed by atoms with Gasteiger partial charge < -0.3 is 10.1 Å². The van der Waals surface area contributed by atoms with Gasteiger partial charge in [-0.3, -0.25) is 9.48 Å². The number of nitrogens with one attached hydrogen (secondary N) is 1. The molecule has 0 saturated carbocycles. The van der Waals surface area contributed by atoms with Crippen LogP contribution in [-0.4, -0.2) is 32.3 Å². The van der Waals surface area contributed by atoms with Crippen molar-refractivity contribution < 1.29 is 9.53 Å². The minimum Gasteiger partial charge on any atom is -0.370 e. The molecule has 1 atom stereocenters. The number of amides is 1. The van der Waals surface area contributed by atoms with Crippen LogP contribution in [0.15, 0.2) is 30.9 Å². The fourth-order valence-corrected chi connectivity index (χ4v) is 2.69. The Morgan fingerprint density at radius 2 is 2.21 bits per heavy atom. The quantitative estimate of drug-likeness (QED) is 0.840. The van der Waals surface area contributed by atoms with Gasteiger partial charge in [-0.2, -0.15) is 5.10 Å². The van der Waals surface area contributed by atoms with E-state index in [0.717, 1.165) is 50.2 Å². The lowest BCUT2D eigenvalue weighted by atomic mass is 10.1. The van der Waals surface area contributed by atoms with Crippen LogP contribution >= 0.6 is 0 Å². The molecule has 0 radical (unpaired) electrons. The van der Waals surface area contributed by atoms with Crippen LogP contribution in [0.1, 0.15) is 49.6 Å². The predicted octanol–water partition coefficient (Wildman–Crippen LogP) is 2.01. The zero-order chi connectivity index (χ0) is 16.6. The summed E-state index contributed by atoms with van der Waals surface area (Å²) >= 11 is 0. The van der Waals surface area contributed by atoms with E-state index in [2.05, 4.69) is 20.4 Å². The van der Waals surface area contributed by atoms with Crippen molar-refractivity contribution in [2.75, 3.05) is 6.61 Å². The molecule has 2 aromatic rings. The summed E-state index contributed by atoms with van der Waals surface area (Å²) in [5.74, 6) is 0.769. The zero-order valence-corrected chi connectivity index (χ0v) is 13.7. The molecule has 3 rings (SSSR count). The van der Waals surface area contributed by atoms with Crippen LogP contribution in [0.5, 0.6) is 0 Å². The van der Waals surface area contributed by atoms with Crippen LogP contribution < -0.4 is 5.32 Å². The molecular weight excluding hydrogens is 306 g/mol. The highest BCUT2D eigenvalue weighted by molar-refractivity contribution is 5.75. The molecule has 7 heteroatoms. The lowest BCUT2D eigenvalue weighted by molar-refractivity contribution is -0.121. The molecule has 0 spiro atoms. The van der Waals surface area contributed by atoms with Gasteiger partial charge in [-0.25, -0.2) is 9.97 Å². The smallest absolute Gasteiger partial charge is 0.220 e. The SMILES string of the molecule is O=C(CCCn1cccn1)NCc1cnc([C@@H]2CCCCO2)nc1. The van der Waals surface area contributed by atoms with Gasteiger partial charge in [0.1, 0.15) is 6.10 Å². The monoisotopic (exact) mass is 329 g/mol. The number of carbonyl (C=O) groups is 1. The van der Waals surface area contributed by atoms with Gasteiger partial charge in [0, 0.05) is 56.5 Å². The summed E-state index contributed by atoms with van der Waals surface area (Å²) in [6, 6.07) is 1.88. The Balaban J connectivity index is 1.38. The number of hydrogen-bond acceptors (Lipinski definition) is 5. The fourth-order valence-electron chi connectivity index (χ4n) is 2.69. The van der Waals surface area contributed by atoms with E-state index in [1.165, 1.54) is 0 Å². The summed E-state index contributed by atoms with van der Waals surface area (Å²) in [5, 5.41) is 7.01. The molecule has 0 aromatic carbocycles. The molecule has 1 N–H and O–H groups in total. The number of rotatable bonds is 7. The Morgan fingerprint density at radius 1 is 1.33 bits per heavy atom. The molecular formula is C17H23N5O2. The molecule has 24 heavy (non-hydrogen) atoms. The Hall–Kier alpha value is -2.28. The number of ether oxygens (including phenoxy) is 1. The van der Waals surface area contributed by atoms with E-state index in [1.54, 1.807) is 18.6 Å². The van der Waals surface area contributed by atoms with Crippen LogP contribution in [-0.2, 0) is 22.6 Å². The van der Waals surface area contributed by atoms with Crippen LogP contribution in [0.25, 0.3) is 0 Å². The summed E-state index contributed by atoms with van der Waals surface area (Å²) in [7, 11) is 0. The first kappa shape index (κ1) is 16.6. The van der Waals surface area contributed by atoms with E-state index in [1.807, 2.05) is 16.9 Å². The third kappa shape index (κ3) is 4.86. The van der Waals surface area contributed by atoms with E-state index in [0.29, 0.717) is 13.0 Å². The minimum atomic E-state index is 0.0182. The second kappa shape index (κ2) is 8.54. The molecule has 2 aromatic heterocycles. The number of nitrogens with zero attached hydrogens (tertiary/aromatic N) is 4. The fraction of sp³-hybridized carbons (Fsp3) is 0.529. The maximum atomic E-state index is 11.9. The molecule has 0 bridgehead atoms. The number of aromatic nitrogens is 4. The number of hydrogen-bond donors (Lipinski definition) is 1. The van der Waals surface area contributed by atoms with Gasteiger partial charge >= 0.3 is 0 Å². The van der Waals surface area contributed by atoms with E-state index in [9.17, 15) is 4.79 Å². The van der Waals surface area contributed by atoms with Crippen molar-refractivity contribution in [1.29, 1.82) is 0 Å². The average molecular weight is 329 g/mol. The molecule has 1 amide bonds. The second-order valence-corrected chi connectivity index (χ2v) is 5.95. The van der Waals surface area contributed by atoms with Crippen molar-refractivity contribution in [3.8, 4) is 0 Å². The number of aryl methyl sites for hydroxylation is 1. The molecule has 7 nitrogen and oxygen atoms in total. The maximum absolute atomic E-state index is 11.9. The van der Waals surface area contributed by atoms with E-state index in [-0.39, 0.29) is 12.0 Å². The number of carbonyl (C=O) groups excluding carboxylic acids is 1. The Morgan fingerprint density at radius 3 is 2.92 bits per heavy atom. The Kier molecular flexibility index (Phi) is 5.90. The van der Waals surface area contributed by atoms with Gasteiger partial charge in [0.25, 0.3) is 0 Å². The van der Waals surface area contributed by atoms with Crippen molar-refractivity contribution in [3.63, 3.8) is 0 Å². The lowest BCUT2D eigenvalue weighted by Crippen LogP contribution is -2.23. The zero-order valence-electron chi connectivity index (χ0n) is 13.7. The van der Waals surface area contributed by atoms with Gasteiger partial charge in [0.15, 0.2) is 5.82 Å². The molecule has 1 saturated heterocycles. The van der Waals surface area contributed by atoms with Crippen LogP contribution in [0.3, 0.4) is 0 Å². The van der Waals surface area contributed by atoms with Gasteiger partial charge in [0.2, 0.25) is 5.91 Å². The molecule has 1 fully saturated rings. The highest BCUT2D eigenvalue weighted by Crippen LogP contribution is 2.24. The molecule has 128 valence electrons. The highest BCUT2D eigenvalue weighted by Gasteiger charge is 2.18. The first-order chi connectivity index (χ1) is 11.8. The van der Waals surface area contributed by atoms with Crippen molar-refractivity contribution >= 4 is 5.91 Å². The summed E-state index contributed by atoms with van der Waals surface area (Å²) in [6.45, 7) is 1.98. The summed E-state index contributed by atoms with van der Waals surface area (Å²) in [6.07, 6.45) is 11.7. The van der Waals surface area contributed by atoms with Crippen molar-refractivity contribution in [2.24, 2.45) is 0 Å². The average Bonchev–Trinajstić information content (AvgIpc) is 3.15. The summed E-state index contributed by atoms with van der Waals surface area (Å²) in [4.78, 5) is 20.6.